The van der Waals surface area contributed by atoms with Crippen molar-refractivity contribution in [2.75, 3.05) is 11.1 Å². The number of hydrogen-bond donors (Lipinski definition) is 4. The van der Waals surface area contributed by atoms with Crippen molar-refractivity contribution in [3.8, 4) is 0 Å². The number of halogens is 1. The van der Waals surface area contributed by atoms with E-state index in [-0.39, 0.29) is 23.4 Å². The van der Waals surface area contributed by atoms with Crippen LogP contribution in [0.1, 0.15) is 23.7 Å². The molecule has 1 aromatic carbocycles. The Kier molecular flexibility index (Phi) is 4.09. The lowest BCUT2D eigenvalue weighted by Crippen LogP contribution is -2.24. The summed E-state index contributed by atoms with van der Waals surface area (Å²) in [6.07, 6.45) is 0.00617. The van der Waals surface area contributed by atoms with Gasteiger partial charge in [-0.2, -0.15) is 0 Å². The molecular weight excluding hydrogens is 241 g/mol. The standard InChI is InChI=1S/C11H14FN3O3/c1-5(2-10(14)16)15-9-3-6(11(17)18)8(13)4-7(9)12/h3-5,15H,2,13H2,1H3,(H2,14,16)(H,17,18). The van der Waals surface area contributed by atoms with Gasteiger partial charge in [0, 0.05) is 18.2 Å². The van der Waals surface area contributed by atoms with Gasteiger partial charge in [-0.15, -0.1) is 0 Å². The molecule has 1 atom stereocenters. The van der Waals surface area contributed by atoms with Gasteiger partial charge < -0.3 is 21.9 Å². The topological polar surface area (TPSA) is 118 Å². The van der Waals surface area contributed by atoms with Crippen LogP contribution in [0.4, 0.5) is 15.8 Å². The molecule has 0 aliphatic carbocycles. The smallest absolute Gasteiger partial charge is 0.337 e. The third kappa shape index (κ3) is 3.34. The maximum atomic E-state index is 13.5. The molecule has 6 nitrogen and oxygen atoms in total. The van der Waals surface area contributed by atoms with E-state index in [0.717, 1.165) is 12.1 Å². The fourth-order valence-corrected chi connectivity index (χ4v) is 1.50. The molecule has 0 aliphatic rings. The zero-order valence-electron chi connectivity index (χ0n) is 9.74. The van der Waals surface area contributed by atoms with Crippen LogP contribution >= 0.6 is 0 Å². The average Bonchev–Trinajstić information content (AvgIpc) is 2.20. The number of rotatable bonds is 5. The molecule has 0 bridgehead atoms. The zero-order chi connectivity index (χ0) is 13.9. The Labute approximate surface area is 103 Å². The normalized spacial score (nSPS) is 11.9. The number of anilines is 2. The van der Waals surface area contributed by atoms with Gasteiger partial charge in [0.2, 0.25) is 5.91 Å². The second-order valence-corrected chi connectivity index (χ2v) is 3.94. The maximum Gasteiger partial charge on any atom is 0.337 e. The van der Waals surface area contributed by atoms with Crippen LogP contribution in [0.2, 0.25) is 0 Å². The first kappa shape index (κ1) is 13.8. The highest BCUT2D eigenvalue weighted by molar-refractivity contribution is 5.95. The highest BCUT2D eigenvalue weighted by Crippen LogP contribution is 2.23. The van der Waals surface area contributed by atoms with Gasteiger partial charge >= 0.3 is 5.97 Å². The third-order valence-corrected chi connectivity index (χ3v) is 2.28. The average molecular weight is 255 g/mol. The van der Waals surface area contributed by atoms with Crippen molar-refractivity contribution < 1.29 is 19.1 Å². The van der Waals surface area contributed by atoms with Gasteiger partial charge in [0.05, 0.1) is 11.3 Å². The van der Waals surface area contributed by atoms with Crippen LogP contribution in [0.3, 0.4) is 0 Å². The Morgan fingerprint density at radius 3 is 2.61 bits per heavy atom. The van der Waals surface area contributed by atoms with Gasteiger partial charge in [0.15, 0.2) is 0 Å². The highest BCUT2D eigenvalue weighted by atomic mass is 19.1. The molecule has 98 valence electrons. The first-order valence-electron chi connectivity index (χ1n) is 5.18. The molecule has 0 aliphatic heterocycles. The molecule has 1 amide bonds. The first-order valence-corrected chi connectivity index (χ1v) is 5.18. The summed E-state index contributed by atoms with van der Waals surface area (Å²) in [6.45, 7) is 1.63. The molecular formula is C11H14FN3O3. The fourth-order valence-electron chi connectivity index (χ4n) is 1.50. The SMILES string of the molecule is CC(CC(N)=O)Nc1cc(C(=O)O)c(N)cc1F. The molecule has 0 fully saturated rings. The first-order chi connectivity index (χ1) is 8.31. The third-order valence-electron chi connectivity index (χ3n) is 2.28. The Bertz CT molecular complexity index is 491. The Morgan fingerprint density at radius 2 is 2.11 bits per heavy atom. The number of primary amides is 1. The van der Waals surface area contributed by atoms with Crippen LogP contribution < -0.4 is 16.8 Å². The molecule has 18 heavy (non-hydrogen) atoms. The second-order valence-electron chi connectivity index (χ2n) is 3.94. The summed E-state index contributed by atoms with van der Waals surface area (Å²) in [7, 11) is 0. The molecule has 1 unspecified atom stereocenters. The van der Waals surface area contributed by atoms with Crippen molar-refractivity contribution in [3.05, 3.63) is 23.5 Å². The van der Waals surface area contributed by atoms with Crippen LogP contribution in [0, 0.1) is 5.82 Å². The minimum Gasteiger partial charge on any atom is -0.478 e. The minimum absolute atomic E-state index is 0.00617. The van der Waals surface area contributed by atoms with Gasteiger partial charge in [-0.1, -0.05) is 0 Å². The van der Waals surface area contributed by atoms with E-state index in [0.29, 0.717) is 0 Å². The van der Waals surface area contributed by atoms with E-state index >= 15 is 0 Å². The molecule has 1 rings (SSSR count). The Hall–Kier alpha value is -2.31. The van der Waals surface area contributed by atoms with E-state index in [9.17, 15) is 14.0 Å². The van der Waals surface area contributed by atoms with Crippen molar-refractivity contribution in [1.82, 2.24) is 0 Å². The number of hydrogen-bond acceptors (Lipinski definition) is 4. The van der Waals surface area contributed by atoms with Crippen LogP contribution in [0.5, 0.6) is 0 Å². The summed E-state index contributed by atoms with van der Waals surface area (Å²) in [5.41, 5.74) is 9.99. The second kappa shape index (κ2) is 5.35. The van der Waals surface area contributed by atoms with Gasteiger partial charge in [-0.3, -0.25) is 4.79 Å². The lowest BCUT2D eigenvalue weighted by atomic mass is 10.1. The molecule has 0 saturated carbocycles. The molecule has 7 heteroatoms. The van der Waals surface area contributed by atoms with Crippen LogP contribution in [0.25, 0.3) is 0 Å². The number of amides is 1. The van der Waals surface area contributed by atoms with Crippen molar-refractivity contribution in [3.63, 3.8) is 0 Å². The number of aromatic carboxylic acids is 1. The molecule has 6 N–H and O–H groups in total. The number of nitrogens with two attached hydrogens (primary N) is 2. The summed E-state index contributed by atoms with van der Waals surface area (Å²) in [5.74, 6) is -2.48. The number of benzene rings is 1. The minimum atomic E-state index is -1.25. The monoisotopic (exact) mass is 255 g/mol. The number of carbonyl (C=O) groups excluding carboxylic acids is 1. The van der Waals surface area contributed by atoms with E-state index in [1.165, 1.54) is 0 Å². The predicted molar refractivity (Wildman–Crippen MR) is 64.7 cm³/mol. The Balaban J connectivity index is 2.98. The molecule has 0 radical (unpaired) electrons. The van der Waals surface area contributed by atoms with Crippen LogP contribution in [-0.4, -0.2) is 23.0 Å². The van der Waals surface area contributed by atoms with Crippen LogP contribution in [-0.2, 0) is 4.79 Å². The lowest BCUT2D eigenvalue weighted by molar-refractivity contribution is -0.118. The molecule has 1 aromatic rings. The summed E-state index contributed by atoms with van der Waals surface area (Å²) >= 11 is 0. The summed E-state index contributed by atoms with van der Waals surface area (Å²) in [4.78, 5) is 21.5. The summed E-state index contributed by atoms with van der Waals surface area (Å²) < 4.78 is 13.5. The van der Waals surface area contributed by atoms with E-state index in [4.69, 9.17) is 16.6 Å². The number of nitrogens with one attached hydrogen (secondary N) is 1. The number of nitrogen functional groups attached to an aromatic ring is 1. The van der Waals surface area contributed by atoms with Crippen molar-refractivity contribution in [2.45, 2.75) is 19.4 Å². The molecule has 0 aromatic heterocycles. The maximum absolute atomic E-state index is 13.5. The molecule has 0 heterocycles. The van der Waals surface area contributed by atoms with Gasteiger partial charge in [0.1, 0.15) is 5.82 Å². The number of carbonyl (C=O) groups is 2. The van der Waals surface area contributed by atoms with Gasteiger partial charge in [-0.05, 0) is 19.1 Å². The van der Waals surface area contributed by atoms with E-state index < -0.39 is 23.7 Å². The van der Waals surface area contributed by atoms with E-state index in [1.807, 2.05) is 0 Å². The number of carboxylic acids is 1. The largest absolute Gasteiger partial charge is 0.478 e. The zero-order valence-corrected chi connectivity index (χ0v) is 9.74. The number of carboxylic acid groups (broad SMARTS) is 1. The fraction of sp³-hybridized carbons (Fsp3) is 0.273. The molecule has 0 spiro atoms. The van der Waals surface area contributed by atoms with Crippen LogP contribution in [0.15, 0.2) is 12.1 Å². The summed E-state index contributed by atoms with van der Waals surface area (Å²) in [6, 6.07) is 1.59. The molecule has 0 saturated heterocycles. The Morgan fingerprint density at radius 1 is 1.50 bits per heavy atom. The van der Waals surface area contributed by atoms with Gasteiger partial charge in [-0.25, -0.2) is 9.18 Å². The van der Waals surface area contributed by atoms with Crippen molar-refractivity contribution in [1.29, 1.82) is 0 Å². The van der Waals surface area contributed by atoms with Crippen molar-refractivity contribution in [2.24, 2.45) is 5.73 Å². The van der Waals surface area contributed by atoms with Gasteiger partial charge in [0.25, 0.3) is 0 Å². The van der Waals surface area contributed by atoms with E-state index in [1.54, 1.807) is 6.92 Å². The highest BCUT2D eigenvalue weighted by Gasteiger charge is 2.15. The quantitative estimate of drug-likeness (QED) is 0.580. The van der Waals surface area contributed by atoms with Crippen molar-refractivity contribution >= 4 is 23.3 Å². The van der Waals surface area contributed by atoms with E-state index in [2.05, 4.69) is 5.32 Å². The predicted octanol–water partition coefficient (Wildman–Crippen LogP) is 0.782. The lowest BCUT2D eigenvalue weighted by Gasteiger charge is -2.15. The summed E-state index contributed by atoms with van der Waals surface area (Å²) in [5, 5.41) is 11.5.